The first kappa shape index (κ1) is 18.9. The van der Waals surface area contributed by atoms with Crippen LogP contribution in [0.5, 0.6) is 5.75 Å². The highest BCUT2D eigenvalue weighted by molar-refractivity contribution is 5.85. The summed E-state index contributed by atoms with van der Waals surface area (Å²) in [7, 11) is 2.04. The molecule has 0 atom stereocenters. The Hall–Kier alpha value is -2.11. The molecule has 124 valence electrons. The first-order valence-electron chi connectivity index (χ1n) is 6.79. The second-order valence-corrected chi connectivity index (χ2v) is 5.09. The Bertz CT molecular complexity index is 692. The Balaban J connectivity index is 0.00000132. The van der Waals surface area contributed by atoms with Crippen molar-refractivity contribution in [1.29, 1.82) is 0 Å². The van der Waals surface area contributed by atoms with E-state index in [1.807, 2.05) is 38.4 Å². The van der Waals surface area contributed by atoms with Crippen molar-refractivity contribution in [3.63, 3.8) is 0 Å². The summed E-state index contributed by atoms with van der Waals surface area (Å²) in [6, 6.07) is 10.0. The number of allylic oxidation sites excluding steroid dienone is 1. The maximum atomic E-state index is 5.86. The van der Waals surface area contributed by atoms with E-state index in [9.17, 15) is 0 Å². The number of rotatable bonds is 3. The fraction of sp³-hybridized carbons (Fsp3) is 0.188. The van der Waals surface area contributed by atoms with Crippen LogP contribution in [0.15, 0.2) is 54.3 Å². The molecule has 5 nitrogen and oxygen atoms in total. The lowest BCUT2D eigenvalue weighted by molar-refractivity contribution is 0.415. The van der Waals surface area contributed by atoms with E-state index in [0.717, 1.165) is 23.7 Å². The van der Waals surface area contributed by atoms with Gasteiger partial charge in [0.1, 0.15) is 11.6 Å². The largest absolute Gasteiger partial charge is 0.456 e. The molecule has 1 aliphatic rings. The first-order valence-corrected chi connectivity index (χ1v) is 6.79. The zero-order valence-electron chi connectivity index (χ0n) is 12.9. The Morgan fingerprint density at radius 2 is 2.04 bits per heavy atom. The molecule has 23 heavy (non-hydrogen) atoms. The van der Waals surface area contributed by atoms with Crippen LogP contribution in [0, 0.1) is 0 Å². The fourth-order valence-corrected chi connectivity index (χ4v) is 2.26. The number of benzene rings is 1. The average molecular weight is 355 g/mol. The third kappa shape index (κ3) is 4.21. The van der Waals surface area contributed by atoms with E-state index in [1.54, 1.807) is 6.20 Å². The number of ether oxygens (including phenoxy) is 1. The molecule has 0 aliphatic carbocycles. The van der Waals surface area contributed by atoms with Gasteiger partial charge in [-0.2, -0.15) is 0 Å². The van der Waals surface area contributed by atoms with Crippen LogP contribution in [0.1, 0.15) is 12.5 Å². The number of halogens is 2. The summed E-state index contributed by atoms with van der Waals surface area (Å²) >= 11 is 0. The predicted molar refractivity (Wildman–Crippen MR) is 98.4 cm³/mol. The molecule has 7 heteroatoms. The van der Waals surface area contributed by atoms with Crippen molar-refractivity contribution in [2.45, 2.75) is 13.5 Å². The molecule has 2 aromatic rings. The topological polar surface area (TPSA) is 63.4 Å². The number of nitrogens with one attached hydrogen (secondary N) is 1. The maximum absolute atomic E-state index is 5.86. The van der Waals surface area contributed by atoms with Gasteiger partial charge >= 0.3 is 0 Å². The molecule has 0 amide bonds. The van der Waals surface area contributed by atoms with Gasteiger partial charge in [0.25, 0.3) is 0 Å². The molecule has 0 radical (unpaired) electrons. The third-order valence-corrected chi connectivity index (χ3v) is 3.46. The van der Waals surface area contributed by atoms with Crippen molar-refractivity contribution in [2.24, 2.45) is 5.73 Å². The van der Waals surface area contributed by atoms with Crippen molar-refractivity contribution in [1.82, 2.24) is 4.98 Å². The van der Waals surface area contributed by atoms with Crippen molar-refractivity contribution in [3.8, 4) is 5.75 Å². The zero-order chi connectivity index (χ0) is 14.8. The van der Waals surface area contributed by atoms with Gasteiger partial charge in [-0.05, 0) is 36.8 Å². The van der Waals surface area contributed by atoms with Gasteiger partial charge in [-0.25, -0.2) is 0 Å². The van der Waals surface area contributed by atoms with Gasteiger partial charge in [-0.3, -0.25) is 4.98 Å². The van der Waals surface area contributed by atoms with Crippen LogP contribution in [0.2, 0.25) is 0 Å². The number of nitrogens with two attached hydrogens (primary N) is 1. The number of hydrogen-bond donors (Lipinski definition) is 2. The molecule has 0 spiro atoms. The van der Waals surface area contributed by atoms with E-state index in [0.29, 0.717) is 11.6 Å². The van der Waals surface area contributed by atoms with Crippen LogP contribution in [-0.4, -0.2) is 12.0 Å². The van der Waals surface area contributed by atoms with Crippen LogP contribution in [0.4, 0.5) is 11.4 Å². The Morgan fingerprint density at radius 1 is 1.26 bits per heavy atom. The fourth-order valence-electron chi connectivity index (χ4n) is 2.26. The smallest absolute Gasteiger partial charge is 0.150 e. The number of fused-ring (bicyclic) bond motifs is 1. The van der Waals surface area contributed by atoms with E-state index < -0.39 is 0 Å². The molecule has 1 aromatic heterocycles. The zero-order valence-corrected chi connectivity index (χ0v) is 14.6. The van der Waals surface area contributed by atoms with Gasteiger partial charge in [0, 0.05) is 19.8 Å². The molecule has 0 unspecified atom stereocenters. The van der Waals surface area contributed by atoms with Crippen molar-refractivity contribution in [3.05, 3.63) is 59.9 Å². The molecule has 3 N–H and O–H groups in total. The summed E-state index contributed by atoms with van der Waals surface area (Å²) in [6.07, 6.45) is 3.62. The summed E-state index contributed by atoms with van der Waals surface area (Å²) in [4.78, 5) is 6.28. The third-order valence-electron chi connectivity index (χ3n) is 3.46. The van der Waals surface area contributed by atoms with Crippen molar-refractivity contribution < 1.29 is 4.74 Å². The lowest BCUT2D eigenvalue weighted by atomic mass is 10.1. The van der Waals surface area contributed by atoms with Crippen molar-refractivity contribution >= 4 is 36.2 Å². The quantitative estimate of drug-likeness (QED) is 0.882. The first-order chi connectivity index (χ1) is 10.1. The standard InChI is InChI=1S/C16H18N4O.2ClH/c1-11-16(17)19-14-8-12(5-6-15(14)21-11)10-20(2)13-4-3-7-18-9-13;;/h3-9,19H,10,17H2,1-2H3;2*1H. The molecule has 0 fully saturated rings. The van der Waals surface area contributed by atoms with Gasteiger partial charge in [-0.15, -0.1) is 24.8 Å². The molecular formula is C16H20Cl2N4O. The molecule has 0 saturated heterocycles. The summed E-state index contributed by atoms with van der Waals surface area (Å²) < 4.78 is 5.66. The Morgan fingerprint density at radius 3 is 2.74 bits per heavy atom. The summed E-state index contributed by atoms with van der Waals surface area (Å²) in [5.74, 6) is 2.05. The van der Waals surface area contributed by atoms with E-state index in [4.69, 9.17) is 10.5 Å². The summed E-state index contributed by atoms with van der Waals surface area (Å²) in [6.45, 7) is 2.62. The second-order valence-electron chi connectivity index (χ2n) is 5.09. The SMILES string of the molecule is CC1=C(N)Nc2cc(CN(C)c3cccnc3)ccc2O1.Cl.Cl. The van der Waals surface area contributed by atoms with E-state index in [1.165, 1.54) is 5.56 Å². The van der Waals surface area contributed by atoms with E-state index in [2.05, 4.69) is 27.3 Å². The number of hydrogen-bond acceptors (Lipinski definition) is 5. The predicted octanol–water partition coefficient (Wildman–Crippen LogP) is 3.51. The minimum absolute atomic E-state index is 0. The Labute approximate surface area is 148 Å². The van der Waals surface area contributed by atoms with Crippen LogP contribution in [0.25, 0.3) is 0 Å². The van der Waals surface area contributed by atoms with Crippen LogP contribution in [0.3, 0.4) is 0 Å². The average Bonchev–Trinajstić information content (AvgIpc) is 2.49. The van der Waals surface area contributed by atoms with Crippen LogP contribution >= 0.6 is 24.8 Å². The van der Waals surface area contributed by atoms with Gasteiger partial charge in [0.05, 0.1) is 17.6 Å². The second kappa shape index (κ2) is 7.94. The van der Waals surface area contributed by atoms with Gasteiger partial charge in [-0.1, -0.05) is 6.07 Å². The molecule has 0 saturated carbocycles. The lowest BCUT2D eigenvalue weighted by Crippen LogP contribution is -2.20. The highest BCUT2D eigenvalue weighted by atomic mass is 35.5. The summed E-state index contributed by atoms with van der Waals surface area (Å²) in [5, 5.41) is 3.16. The van der Waals surface area contributed by atoms with Crippen LogP contribution in [-0.2, 0) is 6.54 Å². The van der Waals surface area contributed by atoms with Crippen molar-refractivity contribution in [2.75, 3.05) is 17.3 Å². The molecule has 3 rings (SSSR count). The lowest BCUT2D eigenvalue weighted by Gasteiger charge is -2.23. The van der Waals surface area contributed by atoms with Gasteiger partial charge < -0.3 is 20.7 Å². The minimum Gasteiger partial charge on any atom is -0.456 e. The van der Waals surface area contributed by atoms with Gasteiger partial charge in [0.2, 0.25) is 0 Å². The van der Waals surface area contributed by atoms with Gasteiger partial charge in [0.15, 0.2) is 5.75 Å². The Kier molecular flexibility index (Phi) is 6.54. The number of aromatic nitrogens is 1. The van der Waals surface area contributed by atoms with Crippen LogP contribution < -0.4 is 20.7 Å². The van der Waals surface area contributed by atoms with E-state index in [-0.39, 0.29) is 24.8 Å². The monoisotopic (exact) mass is 354 g/mol. The maximum Gasteiger partial charge on any atom is 0.150 e. The van der Waals surface area contributed by atoms with E-state index >= 15 is 0 Å². The highest BCUT2D eigenvalue weighted by Crippen LogP contribution is 2.32. The molecule has 2 heterocycles. The molecule has 1 aromatic carbocycles. The number of pyridine rings is 1. The normalized spacial score (nSPS) is 12.1. The highest BCUT2D eigenvalue weighted by Gasteiger charge is 2.15. The number of nitrogens with zero attached hydrogens (tertiary/aromatic N) is 2. The minimum atomic E-state index is 0. The number of anilines is 2. The molecule has 1 aliphatic heterocycles. The molecule has 0 bridgehead atoms. The summed E-state index contributed by atoms with van der Waals surface area (Å²) in [5.41, 5.74) is 9.01. The molecular weight excluding hydrogens is 335 g/mol.